The molecule has 0 bridgehead atoms. The van der Waals surface area contributed by atoms with Crippen LogP contribution in [0.25, 0.3) is 55.8 Å². The molecule has 6 heterocycles. The molecule has 0 saturated heterocycles. The lowest BCUT2D eigenvalue weighted by Gasteiger charge is -2.01. The van der Waals surface area contributed by atoms with Gasteiger partial charge in [-0.15, -0.1) is 0 Å². The minimum absolute atomic E-state index is 0.710. The topological polar surface area (TPSA) is 109 Å². The predicted molar refractivity (Wildman–Crippen MR) is 113 cm³/mol. The van der Waals surface area contributed by atoms with E-state index in [4.69, 9.17) is 0 Å². The maximum atomic E-state index is 4.51. The Bertz CT molecular complexity index is 1490. The fraction of sp³-hybridized carbons (Fsp3) is 0. The summed E-state index contributed by atoms with van der Waals surface area (Å²) in [4.78, 5) is 25.1. The van der Waals surface area contributed by atoms with Crippen LogP contribution < -0.4 is 0 Å². The third-order valence-electron chi connectivity index (χ3n) is 5.04. The van der Waals surface area contributed by atoms with Gasteiger partial charge in [-0.25, -0.2) is 19.9 Å². The Balaban J connectivity index is 1.52. The molecule has 2 N–H and O–H groups in total. The van der Waals surface area contributed by atoms with E-state index in [-0.39, 0.29) is 0 Å². The molecule has 8 nitrogen and oxygen atoms in total. The van der Waals surface area contributed by atoms with Gasteiger partial charge in [-0.05, 0) is 30.3 Å². The fourth-order valence-electron chi connectivity index (χ4n) is 3.61. The number of nitrogens with zero attached hydrogens (tertiary/aromatic N) is 6. The first-order valence-electron chi connectivity index (χ1n) is 9.36. The van der Waals surface area contributed by atoms with Crippen LogP contribution >= 0.6 is 0 Å². The number of aromatic nitrogens is 8. The summed E-state index contributed by atoms with van der Waals surface area (Å²) in [5.41, 5.74) is 6.87. The second-order valence-corrected chi connectivity index (χ2v) is 6.84. The molecule has 0 fully saturated rings. The Morgan fingerprint density at radius 1 is 0.733 bits per heavy atom. The molecule has 30 heavy (non-hydrogen) atoms. The molecule has 0 saturated carbocycles. The molecule has 0 aromatic carbocycles. The van der Waals surface area contributed by atoms with E-state index < -0.39 is 0 Å². The van der Waals surface area contributed by atoms with E-state index in [1.807, 2.05) is 30.3 Å². The average molecular weight is 390 g/mol. The van der Waals surface area contributed by atoms with Crippen LogP contribution in [0.1, 0.15) is 0 Å². The molecule has 0 aliphatic rings. The highest BCUT2D eigenvalue weighted by Gasteiger charge is 2.15. The zero-order valence-corrected chi connectivity index (χ0v) is 15.6. The normalized spacial score (nSPS) is 11.3. The summed E-state index contributed by atoms with van der Waals surface area (Å²) in [5, 5.41) is 9.41. The first kappa shape index (κ1) is 16.5. The zero-order valence-electron chi connectivity index (χ0n) is 15.6. The van der Waals surface area contributed by atoms with E-state index in [0.717, 1.165) is 50.2 Å². The summed E-state index contributed by atoms with van der Waals surface area (Å²) in [5.74, 6) is 0. The second kappa shape index (κ2) is 6.56. The summed E-state index contributed by atoms with van der Waals surface area (Å²) in [6.07, 6.45) is 10.4. The van der Waals surface area contributed by atoms with Crippen molar-refractivity contribution in [3.63, 3.8) is 0 Å². The molecule has 0 atom stereocenters. The van der Waals surface area contributed by atoms with Gasteiger partial charge in [-0.3, -0.25) is 10.1 Å². The van der Waals surface area contributed by atoms with Crippen LogP contribution in [0.5, 0.6) is 0 Å². The van der Waals surface area contributed by atoms with E-state index in [0.29, 0.717) is 5.65 Å². The van der Waals surface area contributed by atoms with Gasteiger partial charge < -0.3 is 4.98 Å². The molecule has 0 aliphatic carbocycles. The van der Waals surface area contributed by atoms with Crippen molar-refractivity contribution >= 4 is 22.1 Å². The Hall–Kier alpha value is -4.46. The number of hydrogen-bond acceptors (Lipinski definition) is 6. The van der Waals surface area contributed by atoms with E-state index in [9.17, 15) is 0 Å². The molecule has 0 spiro atoms. The summed E-state index contributed by atoms with van der Waals surface area (Å²) in [6, 6.07) is 11.9. The highest BCUT2D eigenvalue weighted by molar-refractivity contribution is 5.99. The molecule has 6 aromatic heterocycles. The molecule has 0 radical (unpaired) electrons. The molecule has 0 aliphatic heterocycles. The zero-order chi connectivity index (χ0) is 19.9. The molecule has 142 valence electrons. The third kappa shape index (κ3) is 2.62. The Kier molecular flexibility index (Phi) is 3.60. The average Bonchev–Trinajstić information content (AvgIpc) is 3.43. The van der Waals surface area contributed by atoms with E-state index in [1.165, 1.54) is 6.33 Å². The Morgan fingerprint density at radius 3 is 2.53 bits per heavy atom. The van der Waals surface area contributed by atoms with Gasteiger partial charge in [0.15, 0.2) is 5.65 Å². The van der Waals surface area contributed by atoms with Crippen molar-refractivity contribution in [1.29, 1.82) is 0 Å². The fourth-order valence-corrected chi connectivity index (χ4v) is 3.61. The first-order valence-corrected chi connectivity index (χ1v) is 9.36. The van der Waals surface area contributed by atoms with Crippen molar-refractivity contribution in [2.24, 2.45) is 0 Å². The maximum Gasteiger partial charge on any atom is 0.155 e. The number of nitrogens with one attached hydrogen (secondary N) is 2. The number of rotatable bonds is 3. The first-order chi connectivity index (χ1) is 14.9. The lowest BCUT2D eigenvalue weighted by Crippen LogP contribution is -1.85. The molecular weight excluding hydrogens is 376 g/mol. The van der Waals surface area contributed by atoms with Crippen LogP contribution in [0.2, 0.25) is 0 Å². The van der Waals surface area contributed by atoms with Crippen LogP contribution in [0.15, 0.2) is 73.7 Å². The summed E-state index contributed by atoms with van der Waals surface area (Å²) in [6.45, 7) is 0. The highest BCUT2D eigenvalue weighted by Crippen LogP contribution is 2.33. The van der Waals surface area contributed by atoms with Crippen LogP contribution in [-0.2, 0) is 0 Å². The number of aromatic amines is 2. The number of hydrogen-bond donors (Lipinski definition) is 2. The van der Waals surface area contributed by atoms with E-state index in [1.54, 1.807) is 31.0 Å². The summed E-state index contributed by atoms with van der Waals surface area (Å²) < 4.78 is 0. The maximum absolute atomic E-state index is 4.51. The lowest BCUT2D eigenvalue weighted by atomic mass is 10.1. The molecule has 6 rings (SSSR count). The van der Waals surface area contributed by atoms with Gasteiger partial charge in [0, 0.05) is 58.4 Å². The van der Waals surface area contributed by atoms with Gasteiger partial charge in [0.05, 0.1) is 11.4 Å². The van der Waals surface area contributed by atoms with Crippen LogP contribution in [-0.4, -0.2) is 40.1 Å². The number of pyridine rings is 3. The van der Waals surface area contributed by atoms with Gasteiger partial charge in [-0.2, -0.15) is 5.10 Å². The summed E-state index contributed by atoms with van der Waals surface area (Å²) in [7, 11) is 0. The molecular formula is C22H14N8. The lowest BCUT2D eigenvalue weighted by molar-refractivity contribution is 1.10. The van der Waals surface area contributed by atoms with Gasteiger partial charge in [0.2, 0.25) is 0 Å². The van der Waals surface area contributed by atoms with E-state index >= 15 is 0 Å². The minimum Gasteiger partial charge on any atom is -0.338 e. The largest absolute Gasteiger partial charge is 0.338 e. The van der Waals surface area contributed by atoms with Crippen molar-refractivity contribution in [3.05, 3.63) is 73.7 Å². The highest BCUT2D eigenvalue weighted by atomic mass is 15.2. The van der Waals surface area contributed by atoms with Gasteiger partial charge >= 0.3 is 0 Å². The molecule has 6 aromatic rings. The van der Waals surface area contributed by atoms with Gasteiger partial charge in [0.25, 0.3) is 0 Å². The quantitative estimate of drug-likeness (QED) is 0.472. The van der Waals surface area contributed by atoms with Crippen LogP contribution in [0, 0.1) is 0 Å². The van der Waals surface area contributed by atoms with Crippen LogP contribution in [0.4, 0.5) is 0 Å². The number of H-pyrrole nitrogens is 2. The SMILES string of the molecule is c1ccc(-c2ccnc3[nH]c(-c4n[nH]c5ncc(-c6cncnc6)cc45)cc23)nc1. The van der Waals surface area contributed by atoms with Crippen molar-refractivity contribution in [2.45, 2.75) is 0 Å². The van der Waals surface area contributed by atoms with Crippen molar-refractivity contribution < 1.29 is 0 Å². The monoisotopic (exact) mass is 390 g/mol. The summed E-state index contributed by atoms with van der Waals surface area (Å²) >= 11 is 0. The second-order valence-electron chi connectivity index (χ2n) is 6.84. The Morgan fingerprint density at radius 2 is 1.67 bits per heavy atom. The minimum atomic E-state index is 0.710. The van der Waals surface area contributed by atoms with E-state index in [2.05, 4.69) is 46.2 Å². The predicted octanol–water partition coefficient (Wildman–Crippen LogP) is 4.02. The molecule has 0 amide bonds. The number of fused-ring (bicyclic) bond motifs is 2. The Labute approximate surface area is 170 Å². The standard InChI is InChI=1S/C22H14N8/c1-2-5-25-18(3-1)15-4-6-26-21-16(15)8-19(28-21)20-17-7-13(11-27-22(17)30-29-20)14-9-23-12-24-10-14/h1-12H,(H,26,28)(H,27,29,30). The third-order valence-corrected chi connectivity index (χ3v) is 5.04. The van der Waals surface area contributed by atoms with Crippen molar-refractivity contribution in [2.75, 3.05) is 0 Å². The van der Waals surface area contributed by atoms with Crippen LogP contribution in [0.3, 0.4) is 0 Å². The van der Waals surface area contributed by atoms with Crippen molar-refractivity contribution in [3.8, 4) is 33.8 Å². The smallest absolute Gasteiger partial charge is 0.155 e. The van der Waals surface area contributed by atoms with Gasteiger partial charge in [-0.1, -0.05) is 6.07 Å². The molecule has 8 heteroatoms. The van der Waals surface area contributed by atoms with Gasteiger partial charge in [0.1, 0.15) is 17.7 Å². The van der Waals surface area contributed by atoms with Crippen molar-refractivity contribution in [1.82, 2.24) is 40.1 Å². The molecule has 0 unspecified atom stereocenters.